The molecule has 1 saturated heterocycles. The molecule has 5 heteroatoms. The molecular formula is C17H18FN3O. The van der Waals surface area contributed by atoms with E-state index < -0.39 is 5.82 Å². The molecule has 2 aromatic rings. The average Bonchev–Trinajstić information content (AvgIpc) is 2.92. The summed E-state index contributed by atoms with van der Waals surface area (Å²) < 4.78 is 13.6. The zero-order valence-corrected chi connectivity index (χ0v) is 12.4. The lowest BCUT2D eigenvalue weighted by molar-refractivity contribution is 0.209. The van der Waals surface area contributed by atoms with Crippen LogP contribution in [-0.4, -0.2) is 28.5 Å². The van der Waals surface area contributed by atoms with Gasteiger partial charge in [-0.25, -0.2) is 9.18 Å². The monoisotopic (exact) mass is 299 g/mol. The Morgan fingerprint density at radius 2 is 2.09 bits per heavy atom. The van der Waals surface area contributed by atoms with Crippen molar-refractivity contribution in [1.82, 2.24) is 9.88 Å². The summed E-state index contributed by atoms with van der Waals surface area (Å²) in [5.74, 6) is -0.202. The van der Waals surface area contributed by atoms with Gasteiger partial charge < -0.3 is 10.2 Å². The van der Waals surface area contributed by atoms with E-state index in [0.29, 0.717) is 12.5 Å². The summed E-state index contributed by atoms with van der Waals surface area (Å²) in [5.41, 5.74) is 1.40. The molecule has 0 spiro atoms. The number of likely N-dealkylation sites (tertiary alicyclic amines) is 1. The largest absolute Gasteiger partial charge is 0.322 e. The smallest absolute Gasteiger partial charge is 0.321 e. The van der Waals surface area contributed by atoms with E-state index in [0.717, 1.165) is 12.6 Å². The number of aromatic nitrogens is 1. The molecule has 1 aromatic heterocycles. The number of rotatable bonds is 2. The van der Waals surface area contributed by atoms with Crippen molar-refractivity contribution < 1.29 is 9.18 Å². The van der Waals surface area contributed by atoms with E-state index in [4.69, 9.17) is 0 Å². The maximum absolute atomic E-state index is 13.6. The molecule has 2 amide bonds. The molecule has 0 aliphatic carbocycles. The Morgan fingerprint density at radius 3 is 2.82 bits per heavy atom. The summed E-state index contributed by atoms with van der Waals surface area (Å²) in [5, 5.41) is 2.63. The van der Waals surface area contributed by atoms with Gasteiger partial charge >= 0.3 is 6.03 Å². The van der Waals surface area contributed by atoms with Gasteiger partial charge in [-0.3, -0.25) is 4.98 Å². The van der Waals surface area contributed by atoms with E-state index in [1.807, 2.05) is 25.1 Å². The highest BCUT2D eigenvalue weighted by atomic mass is 19.1. The Kier molecular flexibility index (Phi) is 4.04. The Labute approximate surface area is 129 Å². The summed E-state index contributed by atoms with van der Waals surface area (Å²) in [4.78, 5) is 17.8. The van der Waals surface area contributed by atoms with Crippen LogP contribution >= 0.6 is 0 Å². The third-order valence-corrected chi connectivity index (χ3v) is 4.12. The number of nitrogens with zero attached hydrogens (tertiary/aromatic N) is 2. The van der Waals surface area contributed by atoms with Gasteiger partial charge in [0.05, 0.1) is 11.9 Å². The van der Waals surface area contributed by atoms with Crippen molar-refractivity contribution in [2.75, 3.05) is 11.9 Å². The minimum absolute atomic E-state index is 0.120. The number of pyridine rings is 1. The van der Waals surface area contributed by atoms with Crippen molar-refractivity contribution in [3.63, 3.8) is 0 Å². The van der Waals surface area contributed by atoms with Crippen LogP contribution in [0.25, 0.3) is 0 Å². The van der Waals surface area contributed by atoms with Gasteiger partial charge in [0, 0.05) is 24.7 Å². The molecule has 3 rings (SSSR count). The number of hydrogen-bond donors (Lipinski definition) is 1. The van der Waals surface area contributed by atoms with Crippen molar-refractivity contribution in [1.29, 1.82) is 0 Å². The summed E-state index contributed by atoms with van der Waals surface area (Å²) >= 11 is 0. The van der Waals surface area contributed by atoms with Gasteiger partial charge in [-0.1, -0.05) is 30.3 Å². The van der Waals surface area contributed by atoms with Gasteiger partial charge in [-0.05, 0) is 25.0 Å². The van der Waals surface area contributed by atoms with Crippen LogP contribution in [0.3, 0.4) is 0 Å². The number of hydrogen-bond acceptors (Lipinski definition) is 2. The number of halogens is 1. The van der Waals surface area contributed by atoms with Crippen LogP contribution in [0.15, 0.2) is 48.8 Å². The predicted octanol–water partition coefficient (Wildman–Crippen LogP) is 3.63. The third-order valence-electron chi connectivity index (χ3n) is 4.12. The number of carbonyl (C=O) groups is 1. The Balaban J connectivity index is 1.70. The zero-order valence-electron chi connectivity index (χ0n) is 12.4. The van der Waals surface area contributed by atoms with Gasteiger partial charge in [0.2, 0.25) is 0 Å². The first-order valence-corrected chi connectivity index (χ1v) is 7.37. The number of urea groups is 1. The topological polar surface area (TPSA) is 45.2 Å². The molecule has 2 atom stereocenters. The Hall–Kier alpha value is -2.43. The molecule has 1 aliphatic heterocycles. The normalized spacial score (nSPS) is 20.9. The molecule has 1 aliphatic rings. The molecule has 22 heavy (non-hydrogen) atoms. The first kappa shape index (κ1) is 14.5. The van der Waals surface area contributed by atoms with E-state index in [1.54, 1.807) is 4.90 Å². The second-order valence-corrected chi connectivity index (χ2v) is 5.63. The van der Waals surface area contributed by atoms with Crippen molar-refractivity contribution in [3.8, 4) is 0 Å². The lowest BCUT2D eigenvalue weighted by Crippen LogP contribution is -2.37. The van der Waals surface area contributed by atoms with E-state index >= 15 is 0 Å². The second kappa shape index (κ2) is 6.13. The van der Waals surface area contributed by atoms with E-state index in [9.17, 15) is 9.18 Å². The van der Waals surface area contributed by atoms with Gasteiger partial charge in [0.15, 0.2) is 5.82 Å². The van der Waals surface area contributed by atoms with Crippen molar-refractivity contribution in [3.05, 3.63) is 60.2 Å². The highest BCUT2D eigenvalue weighted by Gasteiger charge is 2.33. The first-order valence-electron chi connectivity index (χ1n) is 7.37. The van der Waals surface area contributed by atoms with Crippen molar-refractivity contribution in [2.24, 2.45) is 0 Å². The Morgan fingerprint density at radius 1 is 1.32 bits per heavy atom. The lowest BCUT2D eigenvalue weighted by atomic mass is 9.97. The van der Waals surface area contributed by atoms with Gasteiger partial charge in [0.25, 0.3) is 0 Å². The number of nitrogens with one attached hydrogen (secondary N) is 1. The van der Waals surface area contributed by atoms with Crippen LogP contribution in [0.2, 0.25) is 0 Å². The van der Waals surface area contributed by atoms with E-state index in [-0.39, 0.29) is 17.8 Å². The van der Waals surface area contributed by atoms with Gasteiger partial charge in [-0.15, -0.1) is 0 Å². The maximum atomic E-state index is 13.6. The molecule has 1 fully saturated rings. The maximum Gasteiger partial charge on any atom is 0.322 e. The van der Waals surface area contributed by atoms with Crippen LogP contribution in [0.1, 0.15) is 24.8 Å². The second-order valence-electron chi connectivity index (χ2n) is 5.63. The molecular weight excluding hydrogens is 281 g/mol. The van der Waals surface area contributed by atoms with Crippen LogP contribution < -0.4 is 5.32 Å². The third kappa shape index (κ3) is 2.93. The fourth-order valence-electron chi connectivity index (χ4n) is 2.94. The van der Waals surface area contributed by atoms with Crippen LogP contribution in [0.5, 0.6) is 0 Å². The summed E-state index contributed by atoms with van der Waals surface area (Å²) in [6.45, 7) is 2.66. The SMILES string of the molecule is C[C@H]1C[C@@H](c2ccccc2)CN1C(=O)Nc1ccncc1F. The fourth-order valence-corrected chi connectivity index (χ4v) is 2.94. The van der Waals surface area contributed by atoms with Crippen molar-refractivity contribution >= 4 is 11.7 Å². The predicted molar refractivity (Wildman–Crippen MR) is 83.2 cm³/mol. The summed E-state index contributed by atoms with van der Waals surface area (Å²) in [7, 11) is 0. The van der Waals surface area contributed by atoms with Gasteiger partial charge in [-0.2, -0.15) is 0 Å². The molecule has 1 aromatic carbocycles. The van der Waals surface area contributed by atoms with Crippen molar-refractivity contribution in [2.45, 2.75) is 25.3 Å². The number of anilines is 1. The number of carbonyl (C=O) groups excluding carboxylic acids is 1. The highest BCUT2D eigenvalue weighted by molar-refractivity contribution is 5.89. The molecule has 4 nitrogen and oxygen atoms in total. The quantitative estimate of drug-likeness (QED) is 0.920. The molecule has 2 heterocycles. The summed E-state index contributed by atoms with van der Waals surface area (Å²) in [6.07, 6.45) is 3.46. The lowest BCUT2D eigenvalue weighted by Gasteiger charge is -2.22. The van der Waals surface area contributed by atoms with Crippen LogP contribution in [0, 0.1) is 5.82 Å². The summed E-state index contributed by atoms with van der Waals surface area (Å²) in [6, 6.07) is 11.5. The minimum atomic E-state index is -0.526. The Bertz CT molecular complexity index is 662. The highest BCUT2D eigenvalue weighted by Crippen LogP contribution is 2.31. The molecule has 0 unspecified atom stereocenters. The standard InChI is InChI=1S/C17H18FN3O/c1-12-9-14(13-5-3-2-4-6-13)11-21(12)17(22)20-16-7-8-19-10-15(16)18/h2-8,10,12,14H,9,11H2,1H3,(H,19,20,22)/t12-,14+/m0/s1. The zero-order chi connectivity index (χ0) is 15.5. The number of benzene rings is 1. The first-order chi connectivity index (χ1) is 10.6. The average molecular weight is 299 g/mol. The van der Waals surface area contributed by atoms with E-state index in [2.05, 4.69) is 22.4 Å². The van der Waals surface area contributed by atoms with Crippen LogP contribution in [-0.2, 0) is 0 Å². The minimum Gasteiger partial charge on any atom is -0.321 e. The molecule has 114 valence electrons. The van der Waals surface area contributed by atoms with E-state index in [1.165, 1.54) is 17.8 Å². The fraction of sp³-hybridized carbons (Fsp3) is 0.294. The molecule has 1 N–H and O–H groups in total. The van der Waals surface area contributed by atoms with Crippen LogP contribution in [0.4, 0.5) is 14.9 Å². The molecule has 0 bridgehead atoms. The molecule has 0 saturated carbocycles. The number of amides is 2. The van der Waals surface area contributed by atoms with Gasteiger partial charge in [0.1, 0.15) is 0 Å². The molecule has 0 radical (unpaired) electrons.